The highest BCUT2D eigenvalue weighted by molar-refractivity contribution is 5.84. The Labute approximate surface area is 71.8 Å². The van der Waals surface area contributed by atoms with Gasteiger partial charge in [0, 0.05) is 19.1 Å². The van der Waals surface area contributed by atoms with E-state index in [0.717, 1.165) is 13.0 Å². The van der Waals surface area contributed by atoms with E-state index in [1.54, 1.807) is 4.90 Å². The number of aliphatic hydroxyl groups is 1. The number of rotatable bonds is 2. The van der Waals surface area contributed by atoms with Crippen LogP contribution in [0, 0.1) is 0 Å². The zero-order chi connectivity index (χ0) is 8.72. The van der Waals surface area contributed by atoms with Crippen LogP contribution in [0.5, 0.6) is 0 Å². The summed E-state index contributed by atoms with van der Waals surface area (Å²) in [6.45, 7) is 1.38. The van der Waals surface area contributed by atoms with E-state index < -0.39 is 0 Å². The molecule has 2 unspecified atom stereocenters. The standard InChI is InChI=1S/C8H14N2O2/c1-9-6-4-7(9)8(12)10(5-6)2-3-11/h6-7,11H,2-5H2,1H3. The van der Waals surface area contributed by atoms with Crippen molar-refractivity contribution in [1.29, 1.82) is 0 Å². The van der Waals surface area contributed by atoms with Crippen molar-refractivity contribution in [3.8, 4) is 0 Å². The number of fused-ring (bicyclic) bond motifs is 2. The maximum absolute atomic E-state index is 11.5. The minimum absolute atomic E-state index is 0.0783. The minimum atomic E-state index is 0.0783. The van der Waals surface area contributed by atoms with Crippen molar-refractivity contribution < 1.29 is 9.90 Å². The molecule has 2 bridgehead atoms. The molecule has 3 fully saturated rings. The van der Waals surface area contributed by atoms with Crippen molar-refractivity contribution in [1.82, 2.24) is 9.80 Å². The maximum atomic E-state index is 11.5. The Morgan fingerprint density at radius 3 is 2.92 bits per heavy atom. The SMILES string of the molecule is CN1C2CC1C(=O)N(CCO)C2. The van der Waals surface area contributed by atoms with Crippen LogP contribution in [-0.4, -0.2) is 59.6 Å². The van der Waals surface area contributed by atoms with Gasteiger partial charge in [-0.25, -0.2) is 0 Å². The van der Waals surface area contributed by atoms with Crippen LogP contribution in [0.1, 0.15) is 6.42 Å². The summed E-state index contributed by atoms with van der Waals surface area (Å²) < 4.78 is 0. The Kier molecular flexibility index (Phi) is 1.81. The van der Waals surface area contributed by atoms with E-state index in [-0.39, 0.29) is 18.6 Å². The molecule has 0 aliphatic carbocycles. The average molecular weight is 170 g/mol. The maximum Gasteiger partial charge on any atom is 0.240 e. The molecule has 0 aromatic heterocycles. The van der Waals surface area contributed by atoms with Crippen molar-refractivity contribution >= 4 is 5.91 Å². The first kappa shape index (κ1) is 8.01. The number of piperazine rings is 1. The van der Waals surface area contributed by atoms with Crippen LogP contribution in [0.25, 0.3) is 0 Å². The molecular weight excluding hydrogens is 156 g/mol. The lowest BCUT2D eigenvalue weighted by atomic mass is 9.88. The Balaban J connectivity index is 2.00. The number of hydrogen-bond acceptors (Lipinski definition) is 3. The Hall–Kier alpha value is -0.610. The smallest absolute Gasteiger partial charge is 0.240 e. The first-order valence-corrected chi connectivity index (χ1v) is 4.35. The molecule has 3 saturated heterocycles. The average Bonchev–Trinajstić information content (AvgIpc) is 2.07. The molecule has 0 radical (unpaired) electrons. The van der Waals surface area contributed by atoms with Crippen molar-refractivity contribution in [3.05, 3.63) is 0 Å². The largest absolute Gasteiger partial charge is 0.395 e. The lowest BCUT2D eigenvalue weighted by molar-refractivity contribution is -0.157. The molecule has 0 saturated carbocycles. The number of likely N-dealkylation sites (N-methyl/N-ethyl adjacent to an activating group) is 1. The van der Waals surface area contributed by atoms with E-state index >= 15 is 0 Å². The topological polar surface area (TPSA) is 43.8 Å². The number of aliphatic hydroxyl groups excluding tert-OH is 1. The van der Waals surface area contributed by atoms with E-state index in [9.17, 15) is 4.79 Å². The second-order valence-electron chi connectivity index (χ2n) is 3.58. The van der Waals surface area contributed by atoms with Gasteiger partial charge in [0.2, 0.25) is 5.91 Å². The van der Waals surface area contributed by atoms with Gasteiger partial charge in [-0.15, -0.1) is 0 Å². The Morgan fingerprint density at radius 1 is 1.67 bits per heavy atom. The van der Waals surface area contributed by atoms with Gasteiger partial charge in [-0.1, -0.05) is 0 Å². The molecule has 2 atom stereocenters. The summed E-state index contributed by atoms with van der Waals surface area (Å²) >= 11 is 0. The molecule has 68 valence electrons. The van der Waals surface area contributed by atoms with Gasteiger partial charge in [0.25, 0.3) is 0 Å². The highest BCUT2D eigenvalue weighted by atomic mass is 16.3. The predicted octanol–water partition coefficient (Wildman–Crippen LogP) is -1.11. The number of carbonyl (C=O) groups excluding carboxylic acids is 1. The molecule has 12 heavy (non-hydrogen) atoms. The molecule has 3 heterocycles. The minimum Gasteiger partial charge on any atom is -0.395 e. The summed E-state index contributed by atoms with van der Waals surface area (Å²) in [4.78, 5) is 15.4. The summed E-state index contributed by atoms with van der Waals surface area (Å²) in [5.74, 6) is 0.189. The van der Waals surface area contributed by atoms with Gasteiger partial charge in [-0.05, 0) is 13.5 Å². The van der Waals surface area contributed by atoms with E-state index in [4.69, 9.17) is 5.11 Å². The normalized spacial score (nSPS) is 35.2. The third kappa shape index (κ3) is 0.949. The summed E-state index contributed by atoms with van der Waals surface area (Å²) in [7, 11) is 1.99. The van der Waals surface area contributed by atoms with Crippen molar-refractivity contribution in [2.45, 2.75) is 18.5 Å². The monoisotopic (exact) mass is 170 g/mol. The van der Waals surface area contributed by atoms with Crippen LogP contribution in [0.15, 0.2) is 0 Å². The van der Waals surface area contributed by atoms with E-state index in [2.05, 4.69) is 4.90 Å². The second-order valence-corrected chi connectivity index (χ2v) is 3.58. The lowest BCUT2D eigenvalue weighted by Gasteiger charge is -2.53. The number of amides is 1. The molecule has 4 heteroatoms. The van der Waals surface area contributed by atoms with Crippen LogP contribution in [0.3, 0.4) is 0 Å². The van der Waals surface area contributed by atoms with Gasteiger partial charge in [-0.3, -0.25) is 9.69 Å². The number of nitrogens with zero attached hydrogens (tertiary/aromatic N) is 2. The fourth-order valence-electron chi connectivity index (χ4n) is 2.06. The molecule has 1 N–H and O–H groups in total. The van der Waals surface area contributed by atoms with Gasteiger partial charge < -0.3 is 10.0 Å². The molecule has 0 aromatic carbocycles. The van der Waals surface area contributed by atoms with E-state index in [1.165, 1.54) is 0 Å². The van der Waals surface area contributed by atoms with Crippen LogP contribution in [-0.2, 0) is 4.79 Å². The van der Waals surface area contributed by atoms with Crippen LogP contribution >= 0.6 is 0 Å². The summed E-state index contributed by atoms with van der Waals surface area (Å²) in [5, 5.41) is 8.70. The van der Waals surface area contributed by atoms with Crippen LogP contribution in [0.4, 0.5) is 0 Å². The summed E-state index contributed by atoms with van der Waals surface area (Å²) in [6, 6.07) is 0.648. The molecule has 0 spiro atoms. The third-order valence-electron chi connectivity index (χ3n) is 2.96. The number of hydrogen-bond donors (Lipinski definition) is 1. The lowest BCUT2D eigenvalue weighted by Crippen LogP contribution is -2.70. The van der Waals surface area contributed by atoms with Gasteiger partial charge in [0.15, 0.2) is 0 Å². The third-order valence-corrected chi connectivity index (χ3v) is 2.96. The molecule has 1 amide bonds. The second kappa shape index (κ2) is 2.71. The molecule has 0 aromatic rings. The summed E-state index contributed by atoms with van der Waals surface area (Å²) in [6.07, 6.45) is 1.01. The zero-order valence-corrected chi connectivity index (χ0v) is 7.23. The molecule has 3 aliphatic heterocycles. The highest BCUT2D eigenvalue weighted by Gasteiger charge is 2.47. The fourth-order valence-corrected chi connectivity index (χ4v) is 2.06. The predicted molar refractivity (Wildman–Crippen MR) is 43.6 cm³/mol. The fraction of sp³-hybridized carbons (Fsp3) is 0.875. The van der Waals surface area contributed by atoms with Crippen molar-refractivity contribution in [3.63, 3.8) is 0 Å². The van der Waals surface area contributed by atoms with Crippen LogP contribution in [0.2, 0.25) is 0 Å². The Morgan fingerprint density at radius 2 is 2.42 bits per heavy atom. The number of carbonyl (C=O) groups is 1. The van der Waals surface area contributed by atoms with Gasteiger partial charge in [0.1, 0.15) is 0 Å². The quantitative estimate of drug-likeness (QED) is 0.571. The summed E-state index contributed by atoms with van der Waals surface area (Å²) in [5.41, 5.74) is 0. The van der Waals surface area contributed by atoms with Crippen molar-refractivity contribution in [2.24, 2.45) is 0 Å². The van der Waals surface area contributed by atoms with Gasteiger partial charge in [-0.2, -0.15) is 0 Å². The van der Waals surface area contributed by atoms with Crippen molar-refractivity contribution in [2.75, 3.05) is 26.7 Å². The highest BCUT2D eigenvalue weighted by Crippen LogP contribution is 2.30. The van der Waals surface area contributed by atoms with E-state index in [0.29, 0.717) is 12.6 Å². The van der Waals surface area contributed by atoms with Gasteiger partial charge in [0.05, 0.1) is 12.6 Å². The molecular formula is C8H14N2O2. The Bertz CT molecular complexity index is 207. The molecule has 3 rings (SSSR count). The number of piperidine rings is 1. The molecule has 4 nitrogen and oxygen atoms in total. The first-order valence-electron chi connectivity index (χ1n) is 4.35. The molecule has 3 aliphatic rings. The van der Waals surface area contributed by atoms with Gasteiger partial charge >= 0.3 is 0 Å². The van der Waals surface area contributed by atoms with Crippen LogP contribution < -0.4 is 0 Å². The first-order chi connectivity index (χ1) is 5.74. The zero-order valence-electron chi connectivity index (χ0n) is 7.23. The van der Waals surface area contributed by atoms with E-state index in [1.807, 2.05) is 7.05 Å².